The van der Waals surface area contributed by atoms with Crippen molar-refractivity contribution in [2.75, 3.05) is 6.61 Å². The molecule has 0 fully saturated rings. The molecule has 0 unspecified atom stereocenters. The Morgan fingerprint density at radius 3 is 2.56 bits per heavy atom. The highest BCUT2D eigenvalue weighted by molar-refractivity contribution is 5.99. The van der Waals surface area contributed by atoms with Gasteiger partial charge in [-0.15, -0.1) is 0 Å². The van der Waals surface area contributed by atoms with Gasteiger partial charge in [0.1, 0.15) is 23.1 Å². The van der Waals surface area contributed by atoms with E-state index in [1.807, 2.05) is 58.0 Å². The lowest BCUT2D eigenvalue weighted by molar-refractivity contribution is -0.155. The molecular weight excluding hydrogens is 460 g/mol. The summed E-state index contributed by atoms with van der Waals surface area (Å²) < 4.78 is 22.7. The summed E-state index contributed by atoms with van der Waals surface area (Å²) in [7, 11) is 0. The van der Waals surface area contributed by atoms with Crippen LogP contribution in [0.1, 0.15) is 65.9 Å². The Morgan fingerprint density at radius 1 is 1.11 bits per heavy atom. The fourth-order valence-electron chi connectivity index (χ4n) is 3.66. The maximum Gasteiger partial charge on any atom is 0.330 e. The second kappa shape index (κ2) is 12.3. The molecule has 192 valence electrons. The van der Waals surface area contributed by atoms with E-state index in [9.17, 15) is 9.59 Å². The quantitative estimate of drug-likeness (QED) is 0.178. The minimum absolute atomic E-state index is 0.168. The van der Waals surface area contributed by atoms with Crippen molar-refractivity contribution in [1.29, 1.82) is 0 Å². The predicted molar refractivity (Wildman–Crippen MR) is 137 cm³/mol. The Hall–Kier alpha value is -3.68. The standard InChI is InChI=1S/C28H34N2O6/c1-6-33-22(31)17-16-21-24-26(34-19(2)12-10-11-15-23(32)36-28(3,4)5)29-18-30-27(24)35-25(21)20-13-8-7-9-14-20/h7-9,13-14,16-19H,6,10-12,15H2,1-5H3/t19-/m1/s1. The molecule has 0 radical (unpaired) electrons. The molecule has 0 spiro atoms. The van der Waals surface area contributed by atoms with Gasteiger partial charge in [0.25, 0.3) is 0 Å². The Morgan fingerprint density at radius 2 is 1.86 bits per heavy atom. The van der Waals surface area contributed by atoms with Gasteiger partial charge in [-0.3, -0.25) is 4.79 Å². The van der Waals surface area contributed by atoms with E-state index >= 15 is 0 Å². The summed E-state index contributed by atoms with van der Waals surface area (Å²) in [5.74, 6) is 0.276. The number of esters is 2. The van der Waals surface area contributed by atoms with Crippen LogP contribution in [0.3, 0.4) is 0 Å². The highest BCUT2D eigenvalue weighted by Gasteiger charge is 2.21. The van der Waals surface area contributed by atoms with E-state index in [4.69, 9.17) is 18.6 Å². The van der Waals surface area contributed by atoms with Crippen LogP contribution in [0, 0.1) is 0 Å². The van der Waals surface area contributed by atoms with Crippen LogP contribution in [-0.2, 0) is 19.1 Å². The molecule has 2 heterocycles. The zero-order chi connectivity index (χ0) is 26.1. The van der Waals surface area contributed by atoms with E-state index in [1.54, 1.807) is 13.0 Å². The lowest BCUT2D eigenvalue weighted by Crippen LogP contribution is -2.23. The highest BCUT2D eigenvalue weighted by Crippen LogP contribution is 2.38. The molecule has 0 N–H and O–H groups in total. The normalized spacial score (nSPS) is 12.6. The van der Waals surface area contributed by atoms with E-state index in [1.165, 1.54) is 12.4 Å². The molecular formula is C28H34N2O6. The van der Waals surface area contributed by atoms with Crippen LogP contribution in [0.5, 0.6) is 5.88 Å². The molecule has 3 rings (SSSR count). The van der Waals surface area contributed by atoms with Crippen molar-refractivity contribution in [3.63, 3.8) is 0 Å². The molecule has 0 aliphatic carbocycles. The van der Waals surface area contributed by atoms with Crippen molar-refractivity contribution in [2.24, 2.45) is 0 Å². The number of hydrogen-bond donors (Lipinski definition) is 0. The highest BCUT2D eigenvalue weighted by atomic mass is 16.6. The van der Waals surface area contributed by atoms with E-state index in [0.29, 0.717) is 41.1 Å². The number of carbonyl (C=O) groups excluding carboxylic acids is 2. The van der Waals surface area contributed by atoms with Crippen LogP contribution >= 0.6 is 0 Å². The molecule has 0 bridgehead atoms. The average molecular weight is 495 g/mol. The topological polar surface area (TPSA) is 101 Å². The molecule has 36 heavy (non-hydrogen) atoms. The summed E-state index contributed by atoms with van der Waals surface area (Å²) in [6.45, 7) is 9.57. The molecule has 0 aliphatic heterocycles. The van der Waals surface area contributed by atoms with Gasteiger partial charge in [0, 0.05) is 23.6 Å². The first-order chi connectivity index (χ1) is 17.2. The van der Waals surface area contributed by atoms with Gasteiger partial charge >= 0.3 is 11.9 Å². The van der Waals surface area contributed by atoms with Gasteiger partial charge in [-0.25, -0.2) is 14.8 Å². The number of furan rings is 1. The lowest BCUT2D eigenvalue weighted by atomic mass is 10.1. The van der Waals surface area contributed by atoms with Crippen molar-refractivity contribution in [2.45, 2.75) is 72.0 Å². The minimum Gasteiger partial charge on any atom is -0.474 e. The van der Waals surface area contributed by atoms with Crippen LogP contribution in [0.15, 0.2) is 47.2 Å². The minimum atomic E-state index is -0.478. The van der Waals surface area contributed by atoms with E-state index in [2.05, 4.69) is 9.97 Å². The van der Waals surface area contributed by atoms with Gasteiger partial charge in [0.2, 0.25) is 11.6 Å². The zero-order valence-electron chi connectivity index (χ0n) is 21.6. The second-order valence-electron chi connectivity index (χ2n) is 9.42. The van der Waals surface area contributed by atoms with E-state index in [-0.39, 0.29) is 18.7 Å². The van der Waals surface area contributed by atoms with Crippen LogP contribution in [0.25, 0.3) is 28.5 Å². The number of nitrogens with zero attached hydrogens (tertiary/aromatic N) is 2. The Kier molecular flexibility index (Phi) is 9.22. The zero-order valence-corrected chi connectivity index (χ0v) is 21.6. The van der Waals surface area contributed by atoms with Gasteiger partial charge < -0.3 is 18.6 Å². The molecule has 1 atom stereocenters. The molecule has 0 saturated carbocycles. The summed E-state index contributed by atoms with van der Waals surface area (Å²) in [6.07, 6.45) is 6.83. The first kappa shape index (κ1) is 26.9. The molecule has 8 nitrogen and oxygen atoms in total. The summed E-state index contributed by atoms with van der Waals surface area (Å²) in [5, 5.41) is 0.581. The molecule has 1 aromatic carbocycles. The number of unbranched alkanes of at least 4 members (excludes halogenated alkanes) is 1. The van der Waals surface area contributed by atoms with Gasteiger partial charge in [0.05, 0.1) is 12.7 Å². The Labute approximate surface area is 211 Å². The molecule has 0 amide bonds. The van der Waals surface area contributed by atoms with E-state index in [0.717, 1.165) is 18.4 Å². The largest absolute Gasteiger partial charge is 0.474 e. The number of benzene rings is 1. The van der Waals surface area contributed by atoms with Gasteiger partial charge in [-0.2, -0.15) is 0 Å². The number of hydrogen-bond acceptors (Lipinski definition) is 8. The number of rotatable bonds is 11. The average Bonchev–Trinajstić information content (AvgIpc) is 3.20. The Bertz CT molecular complexity index is 1190. The number of fused-ring (bicyclic) bond motifs is 1. The van der Waals surface area contributed by atoms with Crippen molar-refractivity contribution in [3.05, 3.63) is 48.3 Å². The summed E-state index contributed by atoms with van der Waals surface area (Å²) in [5.41, 5.74) is 1.35. The third-order valence-corrected chi connectivity index (χ3v) is 5.17. The van der Waals surface area contributed by atoms with Crippen molar-refractivity contribution >= 4 is 29.1 Å². The van der Waals surface area contributed by atoms with Crippen LogP contribution in [-0.4, -0.2) is 40.2 Å². The van der Waals surface area contributed by atoms with E-state index < -0.39 is 11.6 Å². The maximum atomic E-state index is 12.0. The summed E-state index contributed by atoms with van der Waals surface area (Å²) >= 11 is 0. The SMILES string of the molecule is CCOC(=O)C=Cc1c(-c2ccccc2)oc2ncnc(O[C@H](C)CCCCC(=O)OC(C)(C)C)c12. The number of carbonyl (C=O) groups is 2. The fraction of sp³-hybridized carbons (Fsp3) is 0.429. The third-order valence-electron chi connectivity index (χ3n) is 5.17. The smallest absolute Gasteiger partial charge is 0.330 e. The summed E-state index contributed by atoms with van der Waals surface area (Å²) in [4.78, 5) is 32.6. The van der Waals surface area contributed by atoms with Crippen LogP contribution < -0.4 is 4.74 Å². The number of aromatic nitrogens is 2. The third kappa shape index (κ3) is 7.66. The summed E-state index contributed by atoms with van der Waals surface area (Å²) in [6, 6.07) is 9.56. The van der Waals surface area contributed by atoms with Gasteiger partial charge in [-0.05, 0) is 60.0 Å². The van der Waals surface area contributed by atoms with Crippen LogP contribution in [0.2, 0.25) is 0 Å². The second-order valence-corrected chi connectivity index (χ2v) is 9.42. The fourth-order valence-corrected chi connectivity index (χ4v) is 3.66. The van der Waals surface area contributed by atoms with Gasteiger partial charge in [-0.1, -0.05) is 30.3 Å². The molecule has 0 aliphatic rings. The predicted octanol–water partition coefficient (Wildman–Crippen LogP) is 6.14. The molecule has 2 aromatic heterocycles. The lowest BCUT2D eigenvalue weighted by Gasteiger charge is -2.19. The monoisotopic (exact) mass is 494 g/mol. The van der Waals surface area contributed by atoms with Crippen molar-refractivity contribution in [1.82, 2.24) is 9.97 Å². The Balaban J connectivity index is 1.79. The molecule has 3 aromatic rings. The first-order valence-corrected chi connectivity index (χ1v) is 12.2. The first-order valence-electron chi connectivity index (χ1n) is 12.2. The maximum absolute atomic E-state index is 12.0. The number of ether oxygens (including phenoxy) is 3. The van der Waals surface area contributed by atoms with Crippen LogP contribution in [0.4, 0.5) is 0 Å². The molecule has 8 heteroatoms. The van der Waals surface area contributed by atoms with Gasteiger partial charge in [0.15, 0.2) is 0 Å². The van der Waals surface area contributed by atoms with Crippen molar-refractivity contribution in [3.8, 4) is 17.2 Å². The van der Waals surface area contributed by atoms with Crippen molar-refractivity contribution < 1.29 is 28.2 Å². The molecule has 0 saturated heterocycles.